The van der Waals surface area contributed by atoms with Crippen LogP contribution in [0.15, 0.2) is 76.2 Å². The fourth-order valence-electron chi connectivity index (χ4n) is 2.67. The Morgan fingerprint density at radius 3 is 2.46 bits per heavy atom. The van der Waals surface area contributed by atoms with Crippen molar-refractivity contribution in [2.24, 2.45) is 0 Å². The van der Waals surface area contributed by atoms with E-state index in [0.717, 1.165) is 16.5 Å². The number of hydrogen-bond donors (Lipinski definition) is 0. The Kier molecular flexibility index (Phi) is 4.20. The lowest BCUT2D eigenvalue weighted by atomic mass is 10.2. The van der Waals surface area contributed by atoms with E-state index < -0.39 is 10.0 Å². The Hall–Kier alpha value is -2.53. The van der Waals surface area contributed by atoms with Crippen LogP contribution in [0.1, 0.15) is 5.56 Å². The smallest absolute Gasteiger partial charge is 0.355 e. The zero-order chi connectivity index (χ0) is 17.3. The van der Waals surface area contributed by atoms with Crippen LogP contribution in [0, 0.1) is 6.92 Å². The lowest BCUT2D eigenvalue weighted by molar-refractivity contribution is 0.192. The molecule has 0 aliphatic heterocycles. The summed E-state index contributed by atoms with van der Waals surface area (Å²) in [6.07, 6.45) is 1.73. The van der Waals surface area contributed by atoms with Crippen molar-refractivity contribution in [2.45, 2.75) is 18.4 Å². The van der Waals surface area contributed by atoms with Crippen molar-refractivity contribution in [3.05, 3.63) is 72.8 Å². The molecule has 2 aromatic carbocycles. The molecule has 3 aromatic rings. The quantitative estimate of drug-likeness (QED) is 0.508. The minimum atomic E-state index is -3.64. The molecule has 24 heavy (non-hydrogen) atoms. The first-order valence-corrected chi connectivity index (χ1v) is 9.07. The second kappa shape index (κ2) is 6.17. The third-order valence-electron chi connectivity index (χ3n) is 3.99. The maximum absolute atomic E-state index is 13.0. The van der Waals surface area contributed by atoms with E-state index in [2.05, 4.69) is 10.6 Å². The van der Waals surface area contributed by atoms with Crippen LogP contribution in [0.2, 0.25) is 0 Å². The van der Waals surface area contributed by atoms with Crippen LogP contribution in [0.3, 0.4) is 0 Å². The number of anilines is 1. The van der Waals surface area contributed by atoms with Gasteiger partial charge in [-0.1, -0.05) is 36.4 Å². The van der Waals surface area contributed by atoms with Crippen LogP contribution >= 0.6 is 0 Å². The minimum absolute atomic E-state index is 0.270. The highest BCUT2D eigenvalue weighted by Crippen LogP contribution is 2.35. The van der Waals surface area contributed by atoms with Gasteiger partial charge in [-0.3, -0.25) is 0 Å². The van der Waals surface area contributed by atoms with E-state index in [1.807, 2.05) is 37.3 Å². The number of sulfonamides is 1. The third-order valence-corrected chi connectivity index (χ3v) is 5.76. The molecule has 0 N–H and O–H groups in total. The molecular formula is C19H20NO3S+. The van der Waals surface area contributed by atoms with Gasteiger partial charge >= 0.3 is 5.88 Å². The SMILES string of the molecule is C=CC[o+]1c(N(C)S(=O)(=O)c2ccc(C)cc2)cc2ccccc21. The maximum atomic E-state index is 13.0. The summed E-state index contributed by atoms with van der Waals surface area (Å²) in [6.45, 7) is 6.15. The Morgan fingerprint density at radius 2 is 1.79 bits per heavy atom. The summed E-state index contributed by atoms with van der Waals surface area (Å²) < 4.78 is 30.1. The number of aryl methyl sites for hydroxylation is 1. The normalized spacial score (nSPS) is 11.6. The van der Waals surface area contributed by atoms with E-state index in [-0.39, 0.29) is 4.90 Å². The summed E-state index contributed by atoms with van der Waals surface area (Å²) in [5.74, 6) is 0.539. The van der Waals surface area contributed by atoms with Gasteiger partial charge in [0.1, 0.15) is 0 Å². The van der Waals surface area contributed by atoms with Gasteiger partial charge < -0.3 is 4.05 Å². The molecular weight excluding hydrogens is 322 g/mol. The second-order valence-corrected chi connectivity index (χ2v) is 7.62. The highest BCUT2D eigenvalue weighted by Gasteiger charge is 2.30. The number of fused-ring (bicyclic) bond motifs is 1. The van der Waals surface area contributed by atoms with Crippen molar-refractivity contribution in [3.8, 4) is 0 Å². The first-order valence-electron chi connectivity index (χ1n) is 7.63. The van der Waals surface area contributed by atoms with Gasteiger partial charge in [0, 0.05) is 13.1 Å². The van der Waals surface area contributed by atoms with Crippen molar-refractivity contribution in [3.63, 3.8) is 0 Å². The van der Waals surface area contributed by atoms with Crippen LogP contribution in [-0.4, -0.2) is 15.5 Å². The average Bonchev–Trinajstić information content (AvgIpc) is 2.93. The predicted octanol–water partition coefficient (Wildman–Crippen LogP) is 4.44. The molecule has 124 valence electrons. The van der Waals surface area contributed by atoms with Gasteiger partial charge in [-0.25, -0.2) is 8.42 Å². The summed E-state index contributed by atoms with van der Waals surface area (Å²) in [5, 5.41) is 0.963. The molecule has 0 saturated heterocycles. The van der Waals surface area contributed by atoms with E-state index in [1.165, 1.54) is 4.31 Å². The molecule has 0 bridgehead atoms. The number of para-hydroxylation sites is 1. The Bertz CT molecular complexity index is 985. The molecule has 1 aromatic heterocycles. The molecule has 0 unspecified atom stereocenters. The number of hydrogen-bond acceptors (Lipinski definition) is 2. The van der Waals surface area contributed by atoms with Gasteiger partial charge in [0.05, 0.1) is 16.3 Å². The topological polar surface area (TPSA) is 40.1 Å². The number of nitrogens with zero attached hydrogens (tertiary/aromatic N) is 1. The molecule has 0 spiro atoms. The fourth-order valence-corrected chi connectivity index (χ4v) is 3.84. The zero-order valence-corrected chi connectivity index (χ0v) is 14.6. The van der Waals surface area contributed by atoms with Crippen LogP contribution in [0.25, 0.3) is 11.0 Å². The van der Waals surface area contributed by atoms with Crippen molar-refractivity contribution >= 4 is 26.9 Å². The Morgan fingerprint density at radius 1 is 1.12 bits per heavy atom. The highest BCUT2D eigenvalue weighted by atomic mass is 32.2. The Labute approximate surface area is 142 Å². The summed E-state index contributed by atoms with van der Waals surface area (Å²) in [6, 6.07) is 16.5. The first-order chi connectivity index (χ1) is 11.4. The summed E-state index contributed by atoms with van der Waals surface area (Å²) in [5.41, 5.74) is 1.92. The molecule has 0 radical (unpaired) electrons. The van der Waals surface area contributed by atoms with Gasteiger partial charge in [0.25, 0.3) is 15.6 Å². The lowest BCUT2D eigenvalue weighted by Gasteiger charge is -2.17. The third kappa shape index (κ3) is 2.71. The maximum Gasteiger partial charge on any atom is 0.355 e. The summed E-state index contributed by atoms with van der Waals surface area (Å²) >= 11 is 0. The van der Waals surface area contributed by atoms with Crippen LogP contribution in [-0.2, 0) is 16.6 Å². The van der Waals surface area contributed by atoms with Crippen LogP contribution in [0.4, 0.5) is 5.88 Å². The molecule has 0 atom stereocenters. The molecule has 5 heteroatoms. The molecule has 0 fully saturated rings. The second-order valence-electron chi connectivity index (χ2n) is 5.65. The molecule has 1 heterocycles. The monoisotopic (exact) mass is 342 g/mol. The van der Waals surface area contributed by atoms with Gasteiger partial charge in [-0.15, -0.1) is 0 Å². The van der Waals surface area contributed by atoms with Crippen LogP contribution < -0.4 is 4.31 Å². The first kappa shape index (κ1) is 16.3. The van der Waals surface area contributed by atoms with Gasteiger partial charge in [-0.05, 0) is 31.2 Å². The van der Waals surface area contributed by atoms with Gasteiger partial charge in [-0.2, -0.15) is 4.31 Å². The Balaban J connectivity index is 2.13. The average molecular weight is 342 g/mol. The van der Waals surface area contributed by atoms with E-state index >= 15 is 0 Å². The van der Waals surface area contributed by atoms with Crippen molar-refractivity contribution in [1.29, 1.82) is 0 Å². The van der Waals surface area contributed by atoms with Crippen LogP contribution in [0.5, 0.6) is 0 Å². The lowest BCUT2D eigenvalue weighted by Crippen LogP contribution is -2.26. The van der Waals surface area contributed by atoms with E-state index in [0.29, 0.717) is 12.5 Å². The number of benzene rings is 2. The fraction of sp³-hybridized carbons (Fsp3) is 0.158. The summed E-state index contributed by atoms with van der Waals surface area (Å²) in [4.78, 5) is 0.270. The van der Waals surface area contributed by atoms with Crippen molar-refractivity contribution in [2.75, 3.05) is 11.4 Å². The van der Waals surface area contributed by atoms with Crippen molar-refractivity contribution < 1.29 is 12.5 Å². The highest BCUT2D eigenvalue weighted by molar-refractivity contribution is 7.92. The molecule has 0 aliphatic rings. The van der Waals surface area contributed by atoms with E-state index in [4.69, 9.17) is 0 Å². The van der Waals surface area contributed by atoms with E-state index in [9.17, 15) is 8.42 Å². The number of allylic oxidation sites excluding steroid dienone is 1. The number of furan rings is 1. The van der Waals surface area contributed by atoms with E-state index in [1.54, 1.807) is 37.4 Å². The number of rotatable bonds is 5. The molecule has 3 rings (SSSR count). The molecule has 0 aliphatic carbocycles. The molecule has 0 saturated carbocycles. The minimum Gasteiger partial charge on any atom is -0.518 e. The van der Waals surface area contributed by atoms with Crippen molar-refractivity contribution in [1.82, 2.24) is 0 Å². The predicted molar refractivity (Wildman–Crippen MR) is 97.8 cm³/mol. The van der Waals surface area contributed by atoms with Gasteiger partial charge in [0.2, 0.25) is 0 Å². The molecule has 0 amide bonds. The van der Waals surface area contributed by atoms with Gasteiger partial charge in [0.15, 0.2) is 6.61 Å². The largest absolute Gasteiger partial charge is 0.518 e. The summed E-state index contributed by atoms with van der Waals surface area (Å²) in [7, 11) is -2.07. The zero-order valence-electron chi connectivity index (χ0n) is 13.8. The molecule has 4 nitrogen and oxygen atoms in total. The standard InChI is InChI=1S/C19H20NO3S/c1-4-13-23-18-8-6-5-7-16(18)14-19(23)20(3)24(21,22)17-11-9-15(2)10-12-17/h4-12,14H,1,13H2,2-3H3/q+1.